The largest absolute Gasteiger partial charge is 0.396 e. The maximum atomic E-state index is 9.36. The van der Waals surface area contributed by atoms with Crippen molar-refractivity contribution in [1.82, 2.24) is 5.32 Å². The van der Waals surface area contributed by atoms with E-state index < -0.39 is 0 Å². The molecule has 12 heavy (non-hydrogen) atoms. The Morgan fingerprint density at radius 1 is 1.58 bits per heavy atom. The third-order valence-corrected chi connectivity index (χ3v) is 3.24. The number of piperidine rings is 1. The molecule has 3 heteroatoms. The van der Waals surface area contributed by atoms with E-state index in [1.54, 1.807) is 0 Å². The molecule has 0 saturated carbocycles. The van der Waals surface area contributed by atoms with Crippen LogP contribution in [0, 0.1) is 5.41 Å². The van der Waals surface area contributed by atoms with E-state index in [0.29, 0.717) is 6.04 Å². The van der Waals surface area contributed by atoms with Crippen molar-refractivity contribution in [3.05, 3.63) is 0 Å². The van der Waals surface area contributed by atoms with Crippen molar-refractivity contribution in [2.75, 3.05) is 26.4 Å². The van der Waals surface area contributed by atoms with Gasteiger partial charge in [-0.3, -0.25) is 0 Å². The van der Waals surface area contributed by atoms with Crippen LogP contribution in [-0.4, -0.2) is 37.5 Å². The van der Waals surface area contributed by atoms with Gasteiger partial charge in [0.1, 0.15) is 0 Å². The number of rotatable bonds is 1. The first kappa shape index (κ1) is 8.48. The molecule has 2 fully saturated rings. The highest BCUT2D eigenvalue weighted by Crippen LogP contribution is 2.35. The lowest BCUT2D eigenvalue weighted by Gasteiger charge is -2.46. The smallest absolute Gasteiger partial charge is 0.0559 e. The number of aliphatic hydroxyl groups is 1. The number of ether oxygens (including phenoxy) is 1. The Labute approximate surface area is 73.1 Å². The second kappa shape index (κ2) is 3.32. The van der Waals surface area contributed by atoms with E-state index in [0.717, 1.165) is 32.6 Å². The molecule has 2 saturated heterocycles. The van der Waals surface area contributed by atoms with Crippen molar-refractivity contribution in [2.24, 2.45) is 5.41 Å². The molecule has 0 aliphatic carbocycles. The predicted molar refractivity (Wildman–Crippen MR) is 46.0 cm³/mol. The molecule has 0 radical (unpaired) electrons. The molecule has 2 atom stereocenters. The molecule has 2 aliphatic rings. The number of aliphatic hydroxyl groups excluding tert-OH is 1. The van der Waals surface area contributed by atoms with Crippen LogP contribution in [0.2, 0.25) is 0 Å². The van der Waals surface area contributed by atoms with E-state index in [-0.39, 0.29) is 12.0 Å². The zero-order valence-corrected chi connectivity index (χ0v) is 7.38. The summed E-state index contributed by atoms with van der Waals surface area (Å²) in [5.74, 6) is 0. The van der Waals surface area contributed by atoms with Crippen molar-refractivity contribution in [3.63, 3.8) is 0 Å². The van der Waals surface area contributed by atoms with Crippen LogP contribution in [0.3, 0.4) is 0 Å². The van der Waals surface area contributed by atoms with Crippen LogP contribution in [-0.2, 0) is 4.74 Å². The average molecular weight is 171 g/mol. The summed E-state index contributed by atoms with van der Waals surface area (Å²) in [6.07, 6.45) is 3.34. The highest BCUT2D eigenvalue weighted by molar-refractivity contribution is 4.96. The van der Waals surface area contributed by atoms with E-state index in [1.165, 1.54) is 6.42 Å². The van der Waals surface area contributed by atoms with Gasteiger partial charge in [0.05, 0.1) is 13.2 Å². The Bertz CT molecular complexity index is 149. The summed E-state index contributed by atoms with van der Waals surface area (Å²) >= 11 is 0. The van der Waals surface area contributed by atoms with Gasteiger partial charge in [-0.25, -0.2) is 0 Å². The molecule has 0 aromatic carbocycles. The molecule has 2 heterocycles. The molecule has 2 rings (SSSR count). The third-order valence-electron chi connectivity index (χ3n) is 3.24. The summed E-state index contributed by atoms with van der Waals surface area (Å²) in [4.78, 5) is 0. The van der Waals surface area contributed by atoms with Crippen molar-refractivity contribution in [3.8, 4) is 0 Å². The van der Waals surface area contributed by atoms with Crippen molar-refractivity contribution >= 4 is 0 Å². The molecular formula is C9H17NO2. The van der Waals surface area contributed by atoms with Crippen LogP contribution in [0.15, 0.2) is 0 Å². The van der Waals surface area contributed by atoms with Gasteiger partial charge >= 0.3 is 0 Å². The lowest BCUT2D eigenvalue weighted by Crippen LogP contribution is -2.57. The monoisotopic (exact) mass is 171 g/mol. The minimum atomic E-state index is 0.0382. The molecule has 0 bridgehead atoms. The predicted octanol–water partition coefficient (Wildman–Crippen LogP) is 0.137. The lowest BCUT2D eigenvalue weighted by atomic mass is 9.73. The molecule has 70 valence electrons. The van der Waals surface area contributed by atoms with Crippen LogP contribution in [0.5, 0.6) is 0 Å². The van der Waals surface area contributed by atoms with Crippen molar-refractivity contribution in [1.29, 1.82) is 0 Å². The summed E-state index contributed by atoms with van der Waals surface area (Å²) in [5.41, 5.74) is 0.0382. The van der Waals surface area contributed by atoms with Crippen molar-refractivity contribution < 1.29 is 9.84 Å². The fourth-order valence-corrected chi connectivity index (χ4v) is 2.40. The highest BCUT2D eigenvalue weighted by atomic mass is 16.5. The first-order chi connectivity index (χ1) is 5.87. The number of hydrogen-bond donors (Lipinski definition) is 2. The minimum absolute atomic E-state index is 0.0382. The number of hydrogen-bond acceptors (Lipinski definition) is 3. The van der Waals surface area contributed by atoms with Crippen molar-refractivity contribution in [2.45, 2.75) is 25.3 Å². The molecule has 0 aromatic heterocycles. The summed E-state index contributed by atoms with van der Waals surface area (Å²) < 4.78 is 5.43. The molecule has 0 unspecified atom stereocenters. The van der Waals surface area contributed by atoms with Gasteiger partial charge in [-0.15, -0.1) is 0 Å². The molecule has 0 aromatic rings. The van der Waals surface area contributed by atoms with Gasteiger partial charge in [-0.05, 0) is 25.8 Å². The standard InChI is InChI=1S/C9H17NO2/c11-6-9-3-1-4-10-8(9)2-5-12-7-9/h8,10-11H,1-7H2/t8-,9+/m1/s1. The maximum Gasteiger partial charge on any atom is 0.0559 e. The highest BCUT2D eigenvalue weighted by Gasteiger charge is 2.42. The van der Waals surface area contributed by atoms with Crippen LogP contribution in [0.25, 0.3) is 0 Å². The molecule has 2 N–H and O–H groups in total. The fraction of sp³-hybridized carbons (Fsp3) is 1.00. The van der Waals surface area contributed by atoms with Gasteiger partial charge in [-0.2, -0.15) is 0 Å². The summed E-state index contributed by atoms with van der Waals surface area (Å²) in [5, 5.41) is 12.8. The lowest BCUT2D eigenvalue weighted by molar-refractivity contribution is -0.0772. The molecule has 2 aliphatic heterocycles. The number of fused-ring (bicyclic) bond motifs is 1. The van der Waals surface area contributed by atoms with E-state index in [1.807, 2.05) is 0 Å². The van der Waals surface area contributed by atoms with E-state index in [9.17, 15) is 5.11 Å². The van der Waals surface area contributed by atoms with Crippen LogP contribution >= 0.6 is 0 Å². The fourth-order valence-electron chi connectivity index (χ4n) is 2.40. The second-order valence-corrected chi connectivity index (χ2v) is 3.97. The molecule has 3 nitrogen and oxygen atoms in total. The quantitative estimate of drug-likeness (QED) is 0.589. The van der Waals surface area contributed by atoms with Gasteiger partial charge < -0.3 is 15.2 Å². The van der Waals surface area contributed by atoms with Gasteiger partial charge in [0.15, 0.2) is 0 Å². The Kier molecular flexibility index (Phi) is 2.35. The summed E-state index contributed by atoms with van der Waals surface area (Å²) in [6.45, 7) is 2.96. The second-order valence-electron chi connectivity index (χ2n) is 3.97. The average Bonchev–Trinajstić information content (AvgIpc) is 2.18. The molecule has 0 spiro atoms. The zero-order chi connectivity index (χ0) is 8.44. The molecular weight excluding hydrogens is 154 g/mol. The summed E-state index contributed by atoms with van der Waals surface area (Å²) in [6, 6.07) is 0.491. The molecule has 0 amide bonds. The normalized spacial score (nSPS) is 42.2. The van der Waals surface area contributed by atoms with E-state index >= 15 is 0 Å². The third kappa shape index (κ3) is 1.26. The SMILES string of the molecule is OC[C@]12CCCN[C@@H]1CCOC2. The van der Waals surface area contributed by atoms with E-state index in [2.05, 4.69) is 5.32 Å². The Balaban J connectivity index is 2.10. The van der Waals surface area contributed by atoms with Crippen LogP contribution in [0.4, 0.5) is 0 Å². The van der Waals surface area contributed by atoms with Gasteiger partial charge in [-0.1, -0.05) is 0 Å². The van der Waals surface area contributed by atoms with Gasteiger partial charge in [0, 0.05) is 18.1 Å². The topological polar surface area (TPSA) is 41.5 Å². The summed E-state index contributed by atoms with van der Waals surface area (Å²) in [7, 11) is 0. The Morgan fingerprint density at radius 3 is 3.25 bits per heavy atom. The van der Waals surface area contributed by atoms with Gasteiger partial charge in [0.2, 0.25) is 0 Å². The van der Waals surface area contributed by atoms with E-state index in [4.69, 9.17) is 4.74 Å². The number of nitrogens with one attached hydrogen (secondary N) is 1. The first-order valence-corrected chi connectivity index (χ1v) is 4.79. The van der Waals surface area contributed by atoms with Crippen LogP contribution < -0.4 is 5.32 Å². The maximum absolute atomic E-state index is 9.36. The Morgan fingerprint density at radius 2 is 2.50 bits per heavy atom. The Hall–Kier alpha value is -0.120. The zero-order valence-electron chi connectivity index (χ0n) is 7.38. The minimum Gasteiger partial charge on any atom is -0.396 e. The van der Waals surface area contributed by atoms with Gasteiger partial charge in [0.25, 0.3) is 0 Å². The first-order valence-electron chi connectivity index (χ1n) is 4.79. The van der Waals surface area contributed by atoms with Crippen LogP contribution in [0.1, 0.15) is 19.3 Å².